The van der Waals surface area contributed by atoms with E-state index in [1.807, 2.05) is 31.2 Å². The Bertz CT molecular complexity index is 514. The summed E-state index contributed by atoms with van der Waals surface area (Å²) < 4.78 is 1.62. The summed E-state index contributed by atoms with van der Waals surface area (Å²) in [7, 11) is 0. The molecule has 0 aliphatic rings. The minimum atomic E-state index is -0.775. The SMILES string of the molecule is Cc1nnnn1-c1cccc(NCC(O)CO)c1. The van der Waals surface area contributed by atoms with E-state index in [1.165, 1.54) is 0 Å². The van der Waals surface area contributed by atoms with E-state index in [0.717, 1.165) is 11.4 Å². The lowest BCUT2D eigenvalue weighted by atomic mass is 10.2. The van der Waals surface area contributed by atoms with Gasteiger partial charge in [0.1, 0.15) is 0 Å². The normalized spacial score (nSPS) is 12.4. The smallest absolute Gasteiger partial charge is 0.153 e. The zero-order valence-electron chi connectivity index (χ0n) is 9.98. The number of hydrogen-bond donors (Lipinski definition) is 3. The van der Waals surface area contributed by atoms with Crippen LogP contribution in [-0.2, 0) is 0 Å². The number of anilines is 1. The van der Waals surface area contributed by atoms with Gasteiger partial charge in [0.15, 0.2) is 5.82 Å². The molecule has 3 N–H and O–H groups in total. The van der Waals surface area contributed by atoms with Crippen molar-refractivity contribution in [2.24, 2.45) is 0 Å². The van der Waals surface area contributed by atoms with E-state index in [9.17, 15) is 5.11 Å². The van der Waals surface area contributed by atoms with Gasteiger partial charge in [0.25, 0.3) is 0 Å². The third-order valence-electron chi connectivity index (χ3n) is 2.47. The molecule has 1 aromatic heterocycles. The van der Waals surface area contributed by atoms with Crippen LogP contribution in [0, 0.1) is 6.92 Å². The van der Waals surface area contributed by atoms with Gasteiger partial charge in [-0.05, 0) is 35.5 Å². The van der Waals surface area contributed by atoms with E-state index < -0.39 is 6.10 Å². The Morgan fingerprint density at radius 1 is 1.44 bits per heavy atom. The lowest BCUT2D eigenvalue weighted by molar-refractivity contribution is 0.105. The van der Waals surface area contributed by atoms with Crippen LogP contribution in [-0.4, -0.2) is 49.7 Å². The molecule has 1 heterocycles. The van der Waals surface area contributed by atoms with Crippen LogP contribution in [0.5, 0.6) is 0 Å². The standard InChI is InChI=1S/C11H15N5O2/c1-8-13-14-15-16(8)10-4-2-3-9(5-10)12-6-11(18)7-17/h2-5,11-12,17-18H,6-7H2,1H3. The minimum absolute atomic E-state index is 0.265. The van der Waals surface area contributed by atoms with E-state index in [1.54, 1.807) is 4.68 Å². The molecule has 1 atom stereocenters. The first-order chi connectivity index (χ1) is 8.70. The minimum Gasteiger partial charge on any atom is -0.394 e. The fourth-order valence-corrected chi connectivity index (χ4v) is 1.52. The van der Waals surface area contributed by atoms with Crippen molar-refractivity contribution in [1.82, 2.24) is 20.2 Å². The predicted molar refractivity (Wildman–Crippen MR) is 65.5 cm³/mol. The van der Waals surface area contributed by atoms with Crippen molar-refractivity contribution in [1.29, 1.82) is 0 Å². The fourth-order valence-electron chi connectivity index (χ4n) is 1.52. The quantitative estimate of drug-likeness (QED) is 0.675. The van der Waals surface area contributed by atoms with Crippen LogP contribution in [0.3, 0.4) is 0 Å². The monoisotopic (exact) mass is 249 g/mol. The Balaban J connectivity index is 2.13. The summed E-state index contributed by atoms with van der Waals surface area (Å²) in [6.07, 6.45) is -0.775. The second kappa shape index (κ2) is 5.56. The van der Waals surface area contributed by atoms with Crippen molar-refractivity contribution < 1.29 is 10.2 Å². The van der Waals surface area contributed by atoms with Gasteiger partial charge in [-0.1, -0.05) is 6.07 Å². The summed E-state index contributed by atoms with van der Waals surface area (Å²) in [5.41, 5.74) is 1.66. The molecule has 18 heavy (non-hydrogen) atoms. The molecule has 2 rings (SSSR count). The first kappa shape index (κ1) is 12.5. The number of hydrogen-bond acceptors (Lipinski definition) is 6. The average molecular weight is 249 g/mol. The molecule has 0 aliphatic carbocycles. The van der Waals surface area contributed by atoms with Gasteiger partial charge in [-0.3, -0.25) is 0 Å². The Morgan fingerprint density at radius 2 is 2.28 bits per heavy atom. The maximum Gasteiger partial charge on any atom is 0.153 e. The number of nitrogens with zero attached hydrogens (tertiary/aromatic N) is 4. The lowest BCUT2D eigenvalue weighted by Crippen LogP contribution is -2.22. The molecule has 0 bridgehead atoms. The van der Waals surface area contributed by atoms with Gasteiger partial charge >= 0.3 is 0 Å². The number of rotatable bonds is 5. The number of nitrogens with one attached hydrogen (secondary N) is 1. The van der Waals surface area contributed by atoms with Crippen LogP contribution in [0.25, 0.3) is 5.69 Å². The molecular formula is C11H15N5O2. The molecule has 0 saturated carbocycles. The summed E-state index contributed by atoms with van der Waals surface area (Å²) in [5.74, 6) is 0.697. The molecule has 7 heteroatoms. The van der Waals surface area contributed by atoms with Crippen molar-refractivity contribution >= 4 is 5.69 Å². The molecule has 0 radical (unpaired) electrons. The molecule has 0 spiro atoms. The zero-order valence-corrected chi connectivity index (χ0v) is 9.98. The van der Waals surface area contributed by atoms with Gasteiger partial charge < -0.3 is 15.5 Å². The van der Waals surface area contributed by atoms with Gasteiger partial charge in [-0.25, -0.2) is 0 Å². The third kappa shape index (κ3) is 2.82. The van der Waals surface area contributed by atoms with E-state index in [2.05, 4.69) is 20.8 Å². The summed E-state index contributed by atoms with van der Waals surface area (Å²) >= 11 is 0. The van der Waals surface area contributed by atoms with E-state index >= 15 is 0 Å². The van der Waals surface area contributed by atoms with Crippen LogP contribution in [0.4, 0.5) is 5.69 Å². The van der Waals surface area contributed by atoms with Crippen LogP contribution in [0.15, 0.2) is 24.3 Å². The summed E-state index contributed by atoms with van der Waals surface area (Å²) in [4.78, 5) is 0. The average Bonchev–Trinajstić information content (AvgIpc) is 2.82. The van der Waals surface area contributed by atoms with Gasteiger partial charge in [0.05, 0.1) is 18.4 Å². The number of benzene rings is 1. The highest BCUT2D eigenvalue weighted by Crippen LogP contribution is 2.14. The first-order valence-corrected chi connectivity index (χ1v) is 5.59. The topological polar surface area (TPSA) is 96.1 Å². The lowest BCUT2D eigenvalue weighted by Gasteiger charge is -2.11. The Hall–Kier alpha value is -1.99. The first-order valence-electron chi connectivity index (χ1n) is 5.59. The van der Waals surface area contributed by atoms with Crippen molar-refractivity contribution in [2.75, 3.05) is 18.5 Å². The van der Waals surface area contributed by atoms with Gasteiger partial charge in [-0.2, -0.15) is 4.68 Å². The number of aryl methyl sites for hydroxylation is 1. The van der Waals surface area contributed by atoms with Crippen LogP contribution in [0.2, 0.25) is 0 Å². The van der Waals surface area contributed by atoms with Gasteiger partial charge in [0.2, 0.25) is 0 Å². The van der Waals surface area contributed by atoms with E-state index in [-0.39, 0.29) is 13.2 Å². The van der Waals surface area contributed by atoms with Crippen molar-refractivity contribution in [3.63, 3.8) is 0 Å². The summed E-state index contributed by atoms with van der Waals surface area (Å²) in [6, 6.07) is 7.49. The van der Waals surface area contributed by atoms with Crippen LogP contribution < -0.4 is 5.32 Å². The Morgan fingerprint density at radius 3 is 2.94 bits per heavy atom. The Labute approximate surface area is 104 Å². The highest BCUT2D eigenvalue weighted by atomic mass is 16.3. The summed E-state index contributed by atoms with van der Waals surface area (Å²) in [6.45, 7) is 1.84. The zero-order chi connectivity index (χ0) is 13.0. The largest absolute Gasteiger partial charge is 0.394 e. The number of aromatic nitrogens is 4. The maximum absolute atomic E-state index is 9.27. The third-order valence-corrected chi connectivity index (χ3v) is 2.47. The van der Waals surface area contributed by atoms with Crippen molar-refractivity contribution in [3.8, 4) is 5.69 Å². The number of aliphatic hydroxyl groups is 2. The van der Waals surface area contributed by atoms with Gasteiger partial charge in [-0.15, -0.1) is 5.10 Å². The highest BCUT2D eigenvalue weighted by molar-refractivity contribution is 5.51. The molecular weight excluding hydrogens is 234 g/mol. The molecule has 96 valence electrons. The summed E-state index contributed by atoms with van der Waals surface area (Å²) in [5, 5.41) is 32.3. The van der Waals surface area contributed by atoms with E-state index in [0.29, 0.717) is 5.82 Å². The number of aliphatic hydroxyl groups excluding tert-OH is 2. The highest BCUT2D eigenvalue weighted by Gasteiger charge is 2.05. The van der Waals surface area contributed by atoms with Gasteiger partial charge in [0, 0.05) is 12.2 Å². The van der Waals surface area contributed by atoms with Crippen LogP contribution in [0.1, 0.15) is 5.82 Å². The second-order valence-electron chi connectivity index (χ2n) is 3.91. The molecule has 0 saturated heterocycles. The Kier molecular flexibility index (Phi) is 3.85. The molecule has 2 aromatic rings. The maximum atomic E-state index is 9.27. The van der Waals surface area contributed by atoms with E-state index in [4.69, 9.17) is 5.11 Å². The van der Waals surface area contributed by atoms with Crippen LogP contribution >= 0.6 is 0 Å². The van der Waals surface area contributed by atoms with Crippen molar-refractivity contribution in [2.45, 2.75) is 13.0 Å². The van der Waals surface area contributed by atoms with Crippen molar-refractivity contribution in [3.05, 3.63) is 30.1 Å². The predicted octanol–water partition coefficient (Wildman–Crippen LogP) is -0.264. The molecule has 0 amide bonds. The molecule has 0 fully saturated rings. The molecule has 7 nitrogen and oxygen atoms in total. The number of tetrazole rings is 1. The molecule has 1 unspecified atom stereocenters. The second-order valence-corrected chi connectivity index (χ2v) is 3.91. The fraction of sp³-hybridized carbons (Fsp3) is 0.364. The molecule has 0 aliphatic heterocycles. The molecule has 1 aromatic carbocycles.